The van der Waals surface area contributed by atoms with E-state index in [9.17, 15) is 9.59 Å². The molecule has 0 spiro atoms. The van der Waals surface area contributed by atoms with Crippen molar-refractivity contribution in [3.8, 4) is 0 Å². The van der Waals surface area contributed by atoms with Crippen LogP contribution in [-0.4, -0.2) is 26.8 Å². The average molecular weight is 382 g/mol. The normalized spacial score (nSPS) is 10.3. The van der Waals surface area contributed by atoms with Gasteiger partial charge in [0.15, 0.2) is 0 Å². The second kappa shape index (κ2) is 7.92. The maximum atomic E-state index is 12.7. The molecule has 0 saturated heterocycles. The van der Waals surface area contributed by atoms with E-state index in [4.69, 9.17) is 11.6 Å². The summed E-state index contributed by atoms with van der Waals surface area (Å²) < 4.78 is 0. The van der Waals surface area contributed by atoms with Gasteiger partial charge in [-0.05, 0) is 37.6 Å². The van der Waals surface area contributed by atoms with Crippen molar-refractivity contribution in [2.75, 3.05) is 10.6 Å². The average Bonchev–Trinajstić information content (AvgIpc) is 2.65. The fraction of sp³-hybridized carbons (Fsp3) is 0.105. The number of hydrogen-bond acceptors (Lipinski definition) is 5. The minimum absolute atomic E-state index is 0.0894. The molecule has 0 fully saturated rings. The Kier molecular flexibility index (Phi) is 5.42. The molecule has 2 N–H and O–H groups in total. The third-order valence-corrected chi connectivity index (χ3v) is 3.87. The Hall–Kier alpha value is -3.32. The van der Waals surface area contributed by atoms with Crippen molar-refractivity contribution >= 4 is 34.9 Å². The molecule has 136 valence electrons. The Balaban J connectivity index is 1.83. The molecule has 27 heavy (non-hydrogen) atoms. The predicted octanol–water partition coefficient (Wildman–Crippen LogP) is 3.65. The van der Waals surface area contributed by atoms with Crippen LogP contribution in [0.15, 0.2) is 48.9 Å². The maximum Gasteiger partial charge on any atom is 0.275 e. The summed E-state index contributed by atoms with van der Waals surface area (Å²) in [5.74, 6) is -0.453. The van der Waals surface area contributed by atoms with Gasteiger partial charge in [-0.3, -0.25) is 9.59 Å². The lowest BCUT2D eigenvalue weighted by atomic mass is 10.1. The number of rotatable bonds is 4. The van der Waals surface area contributed by atoms with E-state index in [2.05, 4.69) is 25.6 Å². The topological polar surface area (TPSA) is 96.9 Å². The van der Waals surface area contributed by atoms with E-state index in [0.717, 1.165) is 11.1 Å². The molecule has 0 aliphatic heterocycles. The number of anilines is 2. The highest BCUT2D eigenvalue weighted by Gasteiger charge is 2.16. The minimum Gasteiger partial charge on any atom is -0.320 e. The fourth-order valence-corrected chi connectivity index (χ4v) is 2.39. The van der Waals surface area contributed by atoms with Crippen LogP contribution in [0.5, 0.6) is 0 Å². The number of carbonyl (C=O) groups excluding carboxylic acids is 2. The van der Waals surface area contributed by atoms with Gasteiger partial charge in [0.1, 0.15) is 16.7 Å². The molecule has 0 saturated carbocycles. The van der Waals surface area contributed by atoms with Crippen LogP contribution < -0.4 is 10.6 Å². The Bertz CT molecular complexity index is 988. The number of nitrogens with zero attached hydrogens (tertiary/aromatic N) is 3. The number of pyridine rings is 1. The summed E-state index contributed by atoms with van der Waals surface area (Å²) in [5.41, 5.74) is 2.62. The van der Waals surface area contributed by atoms with Gasteiger partial charge in [0.2, 0.25) is 0 Å². The van der Waals surface area contributed by atoms with Crippen LogP contribution in [0.4, 0.5) is 11.5 Å². The number of benzene rings is 1. The Labute approximate surface area is 160 Å². The molecule has 0 bridgehead atoms. The van der Waals surface area contributed by atoms with Crippen molar-refractivity contribution in [2.24, 2.45) is 0 Å². The monoisotopic (exact) mass is 381 g/mol. The molecule has 2 amide bonds. The molecule has 3 aromatic rings. The van der Waals surface area contributed by atoms with Crippen molar-refractivity contribution in [2.45, 2.75) is 13.8 Å². The molecule has 0 aliphatic carbocycles. The molecule has 0 aliphatic rings. The Morgan fingerprint density at radius 1 is 0.852 bits per heavy atom. The molecule has 2 heterocycles. The van der Waals surface area contributed by atoms with Crippen LogP contribution >= 0.6 is 11.6 Å². The van der Waals surface area contributed by atoms with Crippen molar-refractivity contribution in [1.29, 1.82) is 0 Å². The first-order valence-corrected chi connectivity index (χ1v) is 8.44. The van der Waals surface area contributed by atoms with Gasteiger partial charge >= 0.3 is 0 Å². The summed E-state index contributed by atoms with van der Waals surface area (Å²) in [7, 11) is 0. The molecule has 2 aromatic heterocycles. The molecular formula is C19H16ClN5O2. The number of hydrogen-bond donors (Lipinski definition) is 2. The van der Waals surface area contributed by atoms with E-state index in [1.165, 1.54) is 12.4 Å². The number of carbonyl (C=O) groups is 2. The lowest BCUT2D eigenvalue weighted by molar-refractivity contribution is 0.102. The van der Waals surface area contributed by atoms with Gasteiger partial charge in [-0.2, -0.15) is 0 Å². The minimum atomic E-state index is -0.495. The van der Waals surface area contributed by atoms with E-state index in [1.807, 2.05) is 19.9 Å². The zero-order chi connectivity index (χ0) is 19.4. The second-order valence-electron chi connectivity index (χ2n) is 5.90. The smallest absolute Gasteiger partial charge is 0.275 e. The lowest BCUT2D eigenvalue weighted by Gasteiger charge is -2.12. The molecule has 0 unspecified atom stereocenters. The van der Waals surface area contributed by atoms with Crippen LogP contribution in [0.3, 0.4) is 0 Å². The van der Waals surface area contributed by atoms with E-state index < -0.39 is 5.91 Å². The van der Waals surface area contributed by atoms with Crippen LogP contribution in [0.25, 0.3) is 0 Å². The first kappa shape index (κ1) is 18.5. The van der Waals surface area contributed by atoms with Crippen LogP contribution in [0, 0.1) is 13.8 Å². The Morgan fingerprint density at radius 3 is 2.30 bits per heavy atom. The van der Waals surface area contributed by atoms with Gasteiger partial charge < -0.3 is 10.6 Å². The molecule has 0 radical (unpaired) electrons. The molecular weight excluding hydrogens is 366 g/mol. The van der Waals surface area contributed by atoms with Gasteiger partial charge in [0.25, 0.3) is 11.8 Å². The maximum absolute atomic E-state index is 12.7. The quantitative estimate of drug-likeness (QED) is 0.719. The predicted molar refractivity (Wildman–Crippen MR) is 103 cm³/mol. The fourth-order valence-electron chi connectivity index (χ4n) is 2.30. The van der Waals surface area contributed by atoms with Crippen LogP contribution in [0.2, 0.25) is 5.15 Å². The van der Waals surface area contributed by atoms with E-state index >= 15 is 0 Å². The standard InChI is InChI=1S/C19H16ClN5O2/c1-11-3-5-14(24-19(27)15-9-22-16(20)10-21-15)13(7-11)18(26)25-17-6-4-12(2)8-23-17/h3-10H,1-2H3,(H,24,27)(H,23,25,26). The van der Waals surface area contributed by atoms with E-state index in [-0.39, 0.29) is 16.8 Å². The van der Waals surface area contributed by atoms with E-state index in [0.29, 0.717) is 17.1 Å². The van der Waals surface area contributed by atoms with Crippen molar-refractivity contribution in [3.05, 3.63) is 76.5 Å². The summed E-state index contributed by atoms with van der Waals surface area (Å²) >= 11 is 5.68. The van der Waals surface area contributed by atoms with E-state index in [1.54, 1.807) is 30.5 Å². The first-order valence-electron chi connectivity index (χ1n) is 8.06. The highest BCUT2D eigenvalue weighted by atomic mass is 35.5. The van der Waals surface area contributed by atoms with Gasteiger partial charge in [-0.1, -0.05) is 29.3 Å². The third kappa shape index (κ3) is 4.65. The van der Waals surface area contributed by atoms with Crippen LogP contribution in [0.1, 0.15) is 32.0 Å². The highest BCUT2D eigenvalue weighted by Crippen LogP contribution is 2.20. The number of aromatic nitrogens is 3. The largest absolute Gasteiger partial charge is 0.320 e. The highest BCUT2D eigenvalue weighted by molar-refractivity contribution is 6.29. The molecule has 3 rings (SSSR count). The number of nitrogens with one attached hydrogen (secondary N) is 2. The van der Waals surface area contributed by atoms with Gasteiger partial charge in [0, 0.05) is 6.20 Å². The molecule has 8 heteroatoms. The number of aryl methyl sites for hydroxylation is 2. The van der Waals surface area contributed by atoms with Crippen molar-refractivity contribution < 1.29 is 9.59 Å². The second-order valence-corrected chi connectivity index (χ2v) is 6.29. The summed E-state index contributed by atoms with van der Waals surface area (Å²) in [5, 5.41) is 5.60. The van der Waals surface area contributed by atoms with Crippen molar-refractivity contribution in [1.82, 2.24) is 15.0 Å². The first-order chi connectivity index (χ1) is 12.9. The Morgan fingerprint density at radius 2 is 1.63 bits per heavy atom. The molecule has 0 atom stereocenters. The summed E-state index contributed by atoms with van der Waals surface area (Å²) in [6, 6.07) is 8.70. The number of halogens is 1. The summed E-state index contributed by atoms with van der Waals surface area (Å²) in [4.78, 5) is 37.0. The lowest BCUT2D eigenvalue weighted by Crippen LogP contribution is -2.19. The number of amides is 2. The zero-order valence-electron chi connectivity index (χ0n) is 14.7. The van der Waals surface area contributed by atoms with Crippen LogP contribution in [-0.2, 0) is 0 Å². The van der Waals surface area contributed by atoms with Gasteiger partial charge in [-0.15, -0.1) is 0 Å². The summed E-state index contributed by atoms with van der Waals surface area (Å²) in [6.07, 6.45) is 4.21. The van der Waals surface area contributed by atoms with Gasteiger partial charge in [-0.25, -0.2) is 15.0 Å². The SMILES string of the molecule is Cc1ccc(NC(=O)c2cc(C)ccc2NC(=O)c2cnc(Cl)cn2)nc1. The molecule has 1 aromatic carbocycles. The summed E-state index contributed by atoms with van der Waals surface area (Å²) in [6.45, 7) is 3.77. The third-order valence-electron chi connectivity index (χ3n) is 3.67. The molecule has 7 nitrogen and oxygen atoms in total. The van der Waals surface area contributed by atoms with Gasteiger partial charge in [0.05, 0.1) is 23.6 Å². The zero-order valence-corrected chi connectivity index (χ0v) is 15.4. The van der Waals surface area contributed by atoms with Crippen molar-refractivity contribution in [3.63, 3.8) is 0 Å².